The Balaban J connectivity index is 0.0000102. The van der Waals surface area contributed by atoms with Crippen molar-refractivity contribution >= 4 is 22.0 Å². The van der Waals surface area contributed by atoms with E-state index in [0.29, 0.717) is 12.1 Å². The van der Waals surface area contributed by atoms with Crippen LogP contribution in [0.25, 0.3) is 4.72 Å². The first-order valence-corrected chi connectivity index (χ1v) is 13.6. The van der Waals surface area contributed by atoms with E-state index >= 15 is 0 Å². The van der Waals surface area contributed by atoms with Gasteiger partial charge in [-0.15, -0.1) is 0 Å². The Bertz CT molecular complexity index is 756. The molecule has 1 N–H and O–H groups in total. The van der Waals surface area contributed by atoms with E-state index in [9.17, 15) is 13.2 Å². The maximum absolute atomic E-state index is 12.3. The zero-order chi connectivity index (χ0) is 24.0. The molecule has 1 aromatic carbocycles. The number of urea groups is 1. The molecule has 0 atom stereocenters. The number of hydrogen-bond donors (Lipinski definition) is 1. The second-order valence-electron chi connectivity index (χ2n) is 9.07. The van der Waals surface area contributed by atoms with Crippen LogP contribution < -0.4 is 34.9 Å². The molecule has 0 aliphatic heterocycles. The minimum Gasteiger partial charge on any atom is -0.423 e. The molecule has 0 fully saturated rings. The van der Waals surface area contributed by atoms with E-state index in [0.717, 1.165) is 24.0 Å². The van der Waals surface area contributed by atoms with Gasteiger partial charge in [0.05, 0.1) is 6.61 Å². The van der Waals surface area contributed by atoms with Crippen molar-refractivity contribution in [2.45, 2.75) is 111 Å². The number of hydrogen-bond acceptors (Lipinski definition) is 4. The fourth-order valence-electron chi connectivity index (χ4n) is 3.71. The topological polar surface area (TPSA) is 86.6 Å². The Hall–Kier alpha value is -0.600. The summed E-state index contributed by atoms with van der Waals surface area (Å²) >= 11 is 0. The van der Waals surface area contributed by atoms with Crippen LogP contribution in [0, 0.1) is 0 Å². The summed E-state index contributed by atoms with van der Waals surface area (Å²) in [5.41, 5.74) is 2.53. The number of anilines is 1. The van der Waals surface area contributed by atoms with Crippen molar-refractivity contribution in [3.05, 3.63) is 34.0 Å². The van der Waals surface area contributed by atoms with Crippen LogP contribution in [0.3, 0.4) is 0 Å². The average Bonchev–Trinajstić information content (AvgIpc) is 2.71. The molecule has 0 aromatic heterocycles. The van der Waals surface area contributed by atoms with Gasteiger partial charge in [-0.2, -0.15) is 8.42 Å². The third-order valence-electron chi connectivity index (χ3n) is 5.53. The fraction of sp³-hybridized carbons (Fsp3) is 0.720. The number of rotatable bonds is 16. The van der Waals surface area contributed by atoms with Gasteiger partial charge in [-0.05, 0) is 35.1 Å². The molecule has 0 aliphatic rings. The van der Waals surface area contributed by atoms with Crippen molar-refractivity contribution in [1.82, 2.24) is 0 Å². The van der Waals surface area contributed by atoms with Crippen molar-refractivity contribution in [3.63, 3.8) is 0 Å². The normalized spacial score (nSPS) is 11.5. The van der Waals surface area contributed by atoms with Gasteiger partial charge < -0.3 is 5.32 Å². The molecule has 2 amide bonds. The summed E-state index contributed by atoms with van der Waals surface area (Å²) < 4.78 is 32.4. The van der Waals surface area contributed by atoms with Crippen LogP contribution in [0.2, 0.25) is 0 Å². The number of carbonyl (C=O) groups excluding carboxylic acids is 1. The van der Waals surface area contributed by atoms with Crippen molar-refractivity contribution in [2.75, 3.05) is 11.9 Å². The monoisotopic (exact) mass is 490 g/mol. The first kappa shape index (κ1) is 32.4. The average molecular weight is 491 g/mol. The van der Waals surface area contributed by atoms with Gasteiger partial charge in [0.25, 0.3) is 10.3 Å². The molecule has 0 heterocycles. The zero-order valence-corrected chi connectivity index (χ0v) is 24.5. The number of unbranched alkanes of at least 4 members (excludes halogenated alkanes) is 9. The molecule has 6 nitrogen and oxygen atoms in total. The van der Waals surface area contributed by atoms with Crippen LogP contribution >= 0.6 is 0 Å². The minimum absolute atomic E-state index is 0. The molecule has 1 aromatic rings. The summed E-state index contributed by atoms with van der Waals surface area (Å²) in [6.07, 6.45) is 11.5. The molecule has 184 valence electrons. The zero-order valence-electron chi connectivity index (χ0n) is 21.7. The number of nitrogens with zero attached hydrogens (tertiary/aromatic N) is 1. The Morgan fingerprint density at radius 3 is 1.79 bits per heavy atom. The predicted molar refractivity (Wildman–Crippen MR) is 134 cm³/mol. The molecular formula is C25H43N2NaO4S. The first-order chi connectivity index (χ1) is 15.2. The number of amides is 2. The summed E-state index contributed by atoms with van der Waals surface area (Å²) in [4.78, 5) is 12.3. The van der Waals surface area contributed by atoms with Crippen LogP contribution in [-0.4, -0.2) is 21.1 Å². The van der Waals surface area contributed by atoms with Crippen molar-refractivity contribution < 1.29 is 47.0 Å². The molecule has 0 unspecified atom stereocenters. The van der Waals surface area contributed by atoms with E-state index in [-0.39, 0.29) is 48.0 Å². The van der Waals surface area contributed by atoms with Crippen LogP contribution in [-0.2, 0) is 14.5 Å². The standard InChI is InChI=1S/C25H44N2O4S.Na/c1-6-7-8-9-10-11-12-13-14-15-19-31-32(29,30)27-25(28)26-24-22(20(2)3)17-16-18-23(24)21(4)5;/h16-18,20-21H,6-15,19H2,1-5H3,(H2,26,27,28);/q;+1/p-1. The third-order valence-corrected chi connectivity index (χ3v) is 6.38. The van der Waals surface area contributed by atoms with Gasteiger partial charge in [0.15, 0.2) is 6.03 Å². The van der Waals surface area contributed by atoms with Crippen LogP contribution in [0.4, 0.5) is 10.5 Å². The number of nitrogens with one attached hydrogen (secondary N) is 1. The van der Waals surface area contributed by atoms with Gasteiger partial charge >= 0.3 is 29.6 Å². The van der Waals surface area contributed by atoms with Gasteiger partial charge in [0, 0.05) is 0 Å². The summed E-state index contributed by atoms with van der Waals surface area (Å²) in [5, 5.41) is 2.68. The molecule has 0 bridgehead atoms. The maximum atomic E-state index is 12.3. The minimum atomic E-state index is -4.26. The van der Waals surface area contributed by atoms with Crippen LogP contribution in [0.5, 0.6) is 0 Å². The quantitative estimate of drug-likeness (QED) is 0.260. The van der Waals surface area contributed by atoms with E-state index in [4.69, 9.17) is 4.18 Å². The summed E-state index contributed by atoms with van der Waals surface area (Å²) in [6.45, 7) is 10.4. The molecule has 1 rings (SSSR count). The maximum Gasteiger partial charge on any atom is 1.00 e. The van der Waals surface area contributed by atoms with E-state index in [1.54, 1.807) is 0 Å². The summed E-state index contributed by atoms with van der Waals surface area (Å²) in [5.74, 6) is 0.349. The van der Waals surface area contributed by atoms with E-state index in [2.05, 4.69) is 17.0 Å². The molecular weight excluding hydrogens is 447 g/mol. The molecule has 0 aliphatic carbocycles. The smallest absolute Gasteiger partial charge is 0.423 e. The van der Waals surface area contributed by atoms with E-state index in [1.165, 1.54) is 44.9 Å². The van der Waals surface area contributed by atoms with Crippen molar-refractivity contribution in [1.29, 1.82) is 0 Å². The second kappa shape index (κ2) is 17.8. The largest absolute Gasteiger partial charge is 1.00 e. The molecule has 0 saturated carbocycles. The van der Waals surface area contributed by atoms with Gasteiger partial charge in [-0.3, -0.25) is 13.7 Å². The van der Waals surface area contributed by atoms with Crippen LogP contribution in [0.1, 0.15) is 122 Å². The molecule has 0 saturated heterocycles. The fourth-order valence-corrected chi connectivity index (χ4v) is 4.34. The SMILES string of the molecule is CCCCCCCCCCCCOS(=O)(=O)[N-]C(=O)Nc1c(C(C)C)cccc1C(C)C.[Na+]. The van der Waals surface area contributed by atoms with Gasteiger partial charge in [-0.25, -0.2) is 0 Å². The Labute approximate surface area is 224 Å². The third kappa shape index (κ3) is 13.8. The molecule has 0 radical (unpaired) electrons. The number of carbonyl (C=O) groups is 1. The van der Waals surface area contributed by atoms with Gasteiger partial charge in [-0.1, -0.05) is 111 Å². The summed E-state index contributed by atoms with van der Waals surface area (Å²) in [6, 6.07) is 4.89. The van der Waals surface area contributed by atoms with Crippen molar-refractivity contribution in [2.24, 2.45) is 0 Å². The Morgan fingerprint density at radius 2 is 1.33 bits per heavy atom. The van der Waals surface area contributed by atoms with Crippen molar-refractivity contribution in [3.8, 4) is 0 Å². The Kier molecular flexibility index (Phi) is 17.5. The van der Waals surface area contributed by atoms with Gasteiger partial charge in [0.1, 0.15) is 0 Å². The predicted octanol–water partition coefficient (Wildman–Crippen LogP) is 5.03. The number of para-hydroxylation sites is 1. The van der Waals surface area contributed by atoms with Crippen LogP contribution in [0.15, 0.2) is 18.2 Å². The summed E-state index contributed by atoms with van der Waals surface area (Å²) in [7, 11) is -4.26. The Morgan fingerprint density at radius 1 is 0.879 bits per heavy atom. The molecule has 8 heteroatoms. The number of benzene rings is 1. The van der Waals surface area contributed by atoms with E-state index in [1.807, 2.05) is 45.9 Å². The first-order valence-electron chi connectivity index (χ1n) is 12.2. The second-order valence-corrected chi connectivity index (χ2v) is 10.3. The van der Waals surface area contributed by atoms with Gasteiger partial charge in [0.2, 0.25) is 0 Å². The van der Waals surface area contributed by atoms with E-state index < -0.39 is 16.3 Å². The molecule has 0 spiro atoms. The molecule has 33 heavy (non-hydrogen) atoms.